The number of carbonyl (C=O) groups excluding carboxylic acids is 1. The molecule has 7 heteroatoms. The first-order valence-electron chi connectivity index (χ1n) is 9.87. The number of nitrogen functional groups attached to an aromatic ring is 1. The molecule has 0 aliphatic heterocycles. The predicted molar refractivity (Wildman–Crippen MR) is 122 cm³/mol. The van der Waals surface area contributed by atoms with Crippen LogP contribution in [0.15, 0.2) is 79.4 Å². The van der Waals surface area contributed by atoms with Gasteiger partial charge in [-0.3, -0.25) is 9.78 Å². The fourth-order valence-electron chi connectivity index (χ4n) is 3.73. The number of nitrogens with two attached hydrogens (primary N) is 1. The molecule has 1 amide bonds. The molecule has 0 unspecified atom stereocenters. The van der Waals surface area contributed by atoms with Crippen molar-refractivity contribution in [1.29, 1.82) is 0 Å². The summed E-state index contributed by atoms with van der Waals surface area (Å²) in [6.45, 7) is 0.357. The summed E-state index contributed by atoms with van der Waals surface area (Å²) < 4.78 is 1.94. The Balaban J connectivity index is 1.62. The van der Waals surface area contributed by atoms with Crippen molar-refractivity contribution < 1.29 is 4.79 Å². The van der Waals surface area contributed by atoms with E-state index in [1.165, 1.54) is 0 Å². The smallest absolute Gasteiger partial charge is 0.260 e. The summed E-state index contributed by atoms with van der Waals surface area (Å²) in [4.78, 5) is 28.3. The number of benzene rings is 2. The van der Waals surface area contributed by atoms with E-state index in [0.717, 1.165) is 33.2 Å². The number of nitrogens with zero attached hydrogens (tertiary/aromatic N) is 5. The lowest BCUT2D eigenvalue weighted by molar-refractivity contribution is 0.0985. The predicted octanol–water partition coefficient (Wildman–Crippen LogP) is 3.95. The highest BCUT2D eigenvalue weighted by atomic mass is 16.2. The molecule has 0 radical (unpaired) electrons. The summed E-state index contributed by atoms with van der Waals surface area (Å²) >= 11 is 0. The van der Waals surface area contributed by atoms with E-state index in [1.54, 1.807) is 41.8 Å². The third-order valence-electron chi connectivity index (χ3n) is 5.30. The molecule has 0 spiro atoms. The number of aromatic nitrogens is 4. The monoisotopic (exact) mass is 408 g/mol. The maximum Gasteiger partial charge on any atom is 0.260 e. The minimum Gasteiger partial charge on any atom is -0.384 e. The van der Waals surface area contributed by atoms with Crippen LogP contribution in [0.25, 0.3) is 21.9 Å². The van der Waals surface area contributed by atoms with Gasteiger partial charge in [0.1, 0.15) is 11.3 Å². The van der Waals surface area contributed by atoms with Crippen molar-refractivity contribution in [3.63, 3.8) is 0 Å². The zero-order valence-corrected chi connectivity index (χ0v) is 16.9. The molecule has 3 heterocycles. The molecular weight excluding hydrogens is 388 g/mol. The Morgan fingerprint density at radius 2 is 1.97 bits per heavy atom. The first-order chi connectivity index (χ1) is 15.1. The molecule has 2 N–H and O–H groups in total. The number of aryl methyl sites for hydroxylation is 1. The van der Waals surface area contributed by atoms with Crippen LogP contribution in [0, 0.1) is 0 Å². The Bertz CT molecular complexity index is 1410. The number of hydrogen-bond donors (Lipinski definition) is 1. The second-order valence-corrected chi connectivity index (χ2v) is 7.40. The van der Waals surface area contributed by atoms with E-state index in [1.807, 2.05) is 54.1 Å². The van der Waals surface area contributed by atoms with E-state index in [4.69, 9.17) is 5.73 Å². The fraction of sp³-hybridized carbons (Fsp3) is 0.0833. The van der Waals surface area contributed by atoms with Crippen molar-refractivity contribution in [2.45, 2.75) is 6.54 Å². The van der Waals surface area contributed by atoms with E-state index in [2.05, 4.69) is 15.0 Å². The molecule has 0 aliphatic carbocycles. The number of anilines is 2. The SMILES string of the molecule is Cn1cnc2c(N(Cc3ccc4ccc(N)nc4c3)C(=O)c3cccnc3)cccc21. The maximum atomic E-state index is 13.5. The third-order valence-corrected chi connectivity index (χ3v) is 5.30. The largest absolute Gasteiger partial charge is 0.384 e. The molecule has 0 aliphatic rings. The van der Waals surface area contributed by atoms with Gasteiger partial charge in [0.25, 0.3) is 5.91 Å². The van der Waals surface area contributed by atoms with Crippen LogP contribution in [-0.2, 0) is 13.6 Å². The first kappa shape index (κ1) is 18.7. The number of fused-ring (bicyclic) bond motifs is 2. The number of hydrogen-bond acceptors (Lipinski definition) is 5. The Morgan fingerprint density at radius 3 is 2.81 bits per heavy atom. The molecule has 2 aromatic carbocycles. The minimum atomic E-state index is -0.146. The second kappa shape index (κ2) is 7.53. The number of amides is 1. The number of pyridine rings is 2. The van der Waals surface area contributed by atoms with Crippen LogP contribution in [0.5, 0.6) is 0 Å². The van der Waals surface area contributed by atoms with Gasteiger partial charge >= 0.3 is 0 Å². The number of imidazole rings is 1. The van der Waals surface area contributed by atoms with E-state index in [9.17, 15) is 4.79 Å². The van der Waals surface area contributed by atoms with Crippen LogP contribution in [0.2, 0.25) is 0 Å². The summed E-state index contributed by atoms with van der Waals surface area (Å²) in [6, 6.07) is 19.0. The van der Waals surface area contributed by atoms with Crippen LogP contribution in [-0.4, -0.2) is 25.4 Å². The van der Waals surface area contributed by atoms with Crippen molar-refractivity contribution in [3.05, 3.63) is 90.5 Å². The van der Waals surface area contributed by atoms with Gasteiger partial charge in [-0.1, -0.05) is 18.2 Å². The van der Waals surface area contributed by atoms with E-state index in [0.29, 0.717) is 17.9 Å². The number of rotatable bonds is 4. The number of para-hydroxylation sites is 1. The zero-order valence-electron chi connectivity index (χ0n) is 16.9. The van der Waals surface area contributed by atoms with Gasteiger partial charge in [-0.15, -0.1) is 0 Å². The molecule has 0 saturated heterocycles. The van der Waals surface area contributed by atoms with Crippen molar-refractivity contribution in [2.75, 3.05) is 10.6 Å². The molecule has 5 rings (SSSR count). The van der Waals surface area contributed by atoms with Crippen LogP contribution < -0.4 is 10.6 Å². The topological polar surface area (TPSA) is 89.9 Å². The summed E-state index contributed by atoms with van der Waals surface area (Å²) in [7, 11) is 1.94. The van der Waals surface area contributed by atoms with Crippen LogP contribution in [0.3, 0.4) is 0 Å². The summed E-state index contributed by atoms with van der Waals surface area (Å²) in [6.07, 6.45) is 4.99. The van der Waals surface area contributed by atoms with Gasteiger partial charge < -0.3 is 15.2 Å². The molecule has 0 saturated carbocycles. The Kier molecular flexibility index (Phi) is 4.55. The average Bonchev–Trinajstić information content (AvgIpc) is 3.18. The van der Waals surface area contributed by atoms with Crippen LogP contribution >= 0.6 is 0 Å². The van der Waals surface area contributed by atoms with Gasteiger partial charge in [-0.05, 0) is 48.0 Å². The van der Waals surface area contributed by atoms with Crippen LogP contribution in [0.1, 0.15) is 15.9 Å². The highest BCUT2D eigenvalue weighted by Crippen LogP contribution is 2.29. The molecule has 3 aromatic heterocycles. The van der Waals surface area contributed by atoms with Gasteiger partial charge in [0, 0.05) is 24.8 Å². The van der Waals surface area contributed by atoms with Gasteiger partial charge in [0.15, 0.2) is 0 Å². The lowest BCUT2D eigenvalue weighted by atomic mass is 10.1. The highest BCUT2D eigenvalue weighted by Gasteiger charge is 2.22. The van der Waals surface area contributed by atoms with Gasteiger partial charge in [0.05, 0.1) is 35.2 Å². The first-order valence-corrected chi connectivity index (χ1v) is 9.87. The number of carbonyl (C=O) groups is 1. The van der Waals surface area contributed by atoms with Crippen LogP contribution in [0.4, 0.5) is 11.5 Å². The maximum absolute atomic E-state index is 13.5. The molecule has 0 fully saturated rings. The van der Waals surface area contributed by atoms with E-state index in [-0.39, 0.29) is 5.91 Å². The summed E-state index contributed by atoms with van der Waals surface area (Å²) in [5.74, 6) is 0.318. The van der Waals surface area contributed by atoms with E-state index < -0.39 is 0 Å². The highest BCUT2D eigenvalue weighted by molar-refractivity contribution is 6.09. The minimum absolute atomic E-state index is 0.146. The lowest BCUT2D eigenvalue weighted by Gasteiger charge is -2.23. The zero-order chi connectivity index (χ0) is 21.4. The average molecular weight is 408 g/mol. The van der Waals surface area contributed by atoms with Crippen molar-refractivity contribution in [2.24, 2.45) is 7.05 Å². The molecule has 5 aromatic rings. The quantitative estimate of drug-likeness (QED) is 0.486. The van der Waals surface area contributed by atoms with E-state index >= 15 is 0 Å². The molecule has 31 heavy (non-hydrogen) atoms. The normalized spacial score (nSPS) is 11.1. The van der Waals surface area contributed by atoms with Gasteiger partial charge in [-0.2, -0.15) is 0 Å². The molecule has 152 valence electrons. The second-order valence-electron chi connectivity index (χ2n) is 7.40. The van der Waals surface area contributed by atoms with Gasteiger partial charge in [-0.25, -0.2) is 9.97 Å². The Hall–Kier alpha value is -4.26. The van der Waals surface area contributed by atoms with Gasteiger partial charge in [0.2, 0.25) is 0 Å². The Labute approximate surface area is 178 Å². The molecule has 7 nitrogen and oxygen atoms in total. The summed E-state index contributed by atoms with van der Waals surface area (Å²) in [5.41, 5.74) is 10.6. The standard InChI is InChI=1S/C24H20N6O/c1-29-15-27-23-20(29)5-2-6-21(23)30(24(31)18-4-3-11-26-13-18)14-16-7-8-17-9-10-22(25)28-19(17)12-16/h2-13,15H,14H2,1H3,(H2,25,28). The van der Waals surface area contributed by atoms with Crippen molar-refractivity contribution >= 4 is 39.3 Å². The molecule has 0 atom stereocenters. The Morgan fingerprint density at radius 1 is 1.10 bits per heavy atom. The summed E-state index contributed by atoms with van der Waals surface area (Å²) in [5, 5.41) is 0.995. The van der Waals surface area contributed by atoms with Crippen molar-refractivity contribution in [1.82, 2.24) is 19.5 Å². The fourth-order valence-corrected chi connectivity index (χ4v) is 3.73. The lowest BCUT2D eigenvalue weighted by Crippen LogP contribution is -2.30. The van der Waals surface area contributed by atoms with Crippen molar-refractivity contribution in [3.8, 4) is 0 Å². The molecular formula is C24H20N6O. The third kappa shape index (κ3) is 3.46. The molecule has 0 bridgehead atoms.